The van der Waals surface area contributed by atoms with E-state index in [9.17, 15) is 18.0 Å². The highest BCUT2D eigenvalue weighted by Gasteiger charge is 2.35. The van der Waals surface area contributed by atoms with E-state index in [4.69, 9.17) is 9.52 Å². The van der Waals surface area contributed by atoms with Gasteiger partial charge in [0, 0.05) is 24.6 Å². The molecule has 0 unspecified atom stereocenters. The van der Waals surface area contributed by atoms with E-state index in [0.717, 1.165) is 6.20 Å². The monoisotopic (exact) mass is 357 g/mol. The fraction of sp³-hybridized carbons (Fsp3) is 0.500. The summed E-state index contributed by atoms with van der Waals surface area (Å²) in [6.07, 6.45) is -2.39. The summed E-state index contributed by atoms with van der Waals surface area (Å²) in [5.41, 5.74) is -0.269. The zero-order valence-corrected chi connectivity index (χ0v) is 13.6. The summed E-state index contributed by atoms with van der Waals surface area (Å²) in [7, 11) is 0. The number of hydrogen-bond donors (Lipinski definition) is 2. The third kappa shape index (κ3) is 3.55. The zero-order valence-electron chi connectivity index (χ0n) is 13.6. The van der Waals surface area contributed by atoms with Gasteiger partial charge in [-0.15, -0.1) is 0 Å². The highest BCUT2D eigenvalue weighted by molar-refractivity contribution is 5.93. The SMILES string of the molecule is Cc1cc(CO)oc1C(=O)N1CCC[C@@H](c2ncc(C(F)(F)F)[nH]2)C1. The van der Waals surface area contributed by atoms with Crippen LogP contribution >= 0.6 is 0 Å². The van der Waals surface area contributed by atoms with Crippen LogP contribution in [0.3, 0.4) is 0 Å². The third-order valence-corrected chi connectivity index (χ3v) is 4.32. The van der Waals surface area contributed by atoms with Crippen molar-refractivity contribution >= 4 is 5.91 Å². The van der Waals surface area contributed by atoms with Crippen molar-refractivity contribution in [1.82, 2.24) is 14.9 Å². The Morgan fingerprint density at radius 3 is 2.88 bits per heavy atom. The summed E-state index contributed by atoms with van der Waals surface area (Å²) < 4.78 is 43.5. The predicted octanol–water partition coefficient (Wildman–Crippen LogP) is 2.84. The Hall–Kier alpha value is -2.29. The van der Waals surface area contributed by atoms with Crippen molar-refractivity contribution in [3.05, 3.63) is 40.9 Å². The largest absolute Gasteiger partial charge is 0.453 e. The topological polar surface area (TPSA) is 82.4 Å². The summed E-state index contributed by atoms with van der Waals surface area (Å²) >= 11 is 0. The van der Waals surface area contributed by atoms with Crippen molar-refractivity contribution < 1.29 is 27.5 Å². The van der Waals surface area contributed by atoms with Gasteiger partial charge in [-0.05, 0) is 25.8 Å². The lowest BCUT2D eigenvalue weighted by atomic mass is 9.97. The van der Waals surface area contributed by atoms with E-state index in [1.807, 2.05) is 0 Å². The van der Waals surface area contributed by atoms with Crippen LogP contribution in [0, 0.1) is 6.92 Å². The second-order valence-corrected chi connectivity index (χ2v) is 6.15. The number of hydrogen-bond acceptors (Lipinski definition) is 4. The number of imidazole rings is 1. The maximum atomic E-state index is 12.7. The summed E-state index contributed by atoms with van der Waals surface area (Å²) in [5, 5.41) is 9.10. The van der Waals surface area contributed by atoms with Crippen molar-refractivity contribution in [2.45, 2.75) is 38.5 Å². The lowest BCUT2D eigenvalue weighted by molar-refractivity contribution is -0.141. The highest BCUT2D eigenvalue weighted by atomic mass is 19.4. The fourth-order valence-electron chi connectivity index (χ4n) is 3.05. The van der Waals surface area contributed by atoms with Gasteiger partial charge in [-0.2, -0.15) is 13.2 Å². The maximum Gasteiger partial charge on any atom is 0.432 e. The van der Waals surface area contributed by atoms with E-state index in [-0.39, 0.29) is 36.6 Å². The number of aromatic amines is 1. The zero-order chi connectivity index (χ0) is 18.2. The van der Waals surface area contributed by atoms with Gasteiger partial charge in [0.2, 0.25) is 0 Å². The molecule has 3 heterocycles. The molecule has 1 amide bonds. The van der Waals surface area contributed by atoms with Crippen molar-refractivity contribution in [2.75, 3.05) is 13.1 Å². The number of carbonyl (C=O) groups is 1. The van der Waals surface area contributed by atoms with Crippen LogP contribution in [0.15, 0.2) is 16.7 Å². The Bertz CT molecular complexity index is 766. The van der Waals surface area contributed by atoms with E-state index in [1.165, 1.54) is 0 Å². The van der Waals surface area contributed by atoms with Crippen molar-refractivity contribution in [1.29, 1.82) is 0 Å². The number of aliphatic hydroxyl groups is 1. The molecule has 25 heavy (non-hydrogen) atoms. The van der Waals surface area contributed by atoms with Crippen LogP contribution in [-0.4, -0.2) is 39.0 Å². The van der Waals surface area contributed by atoms with Crippen molar-refractivity contribution in [3.63, 3.8) is 0 Å². The number of aliphatic hydroxyl groups excluding tert-OH is 1. The van der Waals surface area contributed by atoms with Crippen LogP contribution in [0.2, 0.25) is 0 Å². The molecule has 9 heteroatoms. The maximum absolute atomic E-state index is 12.7. The second kappa shape index (κ2) is 6.55. The van der Waals surface area contributed by atoms with E-state index >= 15 is 0 Å². The number of piperidine rings is 1. The number of likely N-dealkylation sites (tertiary alicyclic amines) is 1. The van der Waals surface area contributed by atoms with Gasteiger partial charge in [0.15, 0.2) is 5.76 Å². The van der Waals surface area contributed by atoms with Crippen LogP contribution < -0.4 is 0 Å². The number of nitrogens with one attached hydrogen (secondary N) is 1. The van der Waals surface area contributed by atoms with Gasteiger partial charge in [0.1, 0.15) is 23.9 Å². The molecule has 1 aliphatic rings. The highest BCUT2D eigenvalue weighted by Crippen LogP contribution is 2.31. The molecule has 1 saturated heterocycles. The number of rotatable bonds is 3. The molecule has 6 nitrogen and oxygen atoms in total. The molecule has 0 saturated carbocycles. The van der Waals surface area contributed by atoms with E-state index in [2.05, 4.69) is 9.97 Å². The van der Waals surface area contributed by atoms with Gasteiger partial charge in [-0.1, -0.05) is 0 Å². The molecule has 3 rings (SSSR count). The minimum absolute atomic E-state index is 0.153. The number of halogens is 3. The average Bonchev–Trinajstić information content (AvgIpc) is 3.21. The molecular weight excluding hydrogens is 339 g/mol. The first-order chi connectivity index (χ1) is 11.8. The molecular formula is C16H18F3N3O3. The normalized spacial score (nSPS) is 18.6. The summed E-state index contributed by atoms with van der Waals surface area (Å²) in [4.78, 5) is 20.3. The summed E-state index contributed by atoms with van der Waals surface area (Å²) in [5.74, 6) is 0.0679. The standard InChI is InChI=1S/C16H18F3N3O3/c1-9-5-11(8-23)25-13(9)15(24)22-4-2-3-10(7-22)14-20-6-12(21-14)16(17,18)19/h5-6,10,23H,2-4,7-8H2,1H3,(H,20,21)/t10-/m1/s1. The van der Waals surface area contributed by atoms with Gasteiger partial charge in [0.25, 0.3) is 5.91 Å². The van der Waals surface area contributed by atoms with Crippen LogP contribution in [0.1, 0.15) is 52.2 Å². The quantitative estimate of drug-likeness (QED) is 0.885. The molecule has 0 aliphatic carbocycles. The first-order valence-corrected chi connectivity index (χ1v) is 7.91. The van der Waals surface area contributed by atoms with E-state index in [1.54, 1.807) is 17.9 Å². The number of aromatic nitrogens is 2. The van der Waals surface area contributed by atoms with Gasteiger partial charge < -0.3 is 19.4 Å². The molecule has 0 radical (unpaired) electrons. The van der Waals surface area contributed by atoms with E-state index < -0.39 is 11.9 Å². The molecule has 0 aromatic carbocycles. The number of amides is 1. The Morgan fingerprint density at radius 2 is 2.28 bits per heavy atom. The van der Waals surface area contributed by atoms with Crippen LogP contribution in [-0.2, 0) is 12.8 Å². The lowest BCUT2D eigenvalue weighted by Gasteiger charge is -2.31. The molecule has 2 aromatic heterocycles. The Kier molecular flexibility index (Phi) is 4.59. The molecule has 2 aromatic rings. The number of furan rings is 1. The van der Waals surface area contributed by atoms with E-state index in [0.29, 0.717) is 30.7 Å². The third-order valence-electron chi connectivity index (χ3n) is 4.32. The lowest BCUT2D eigenvalue weighted by Crippen LogP contribution is -2.39. The van der Waals surface area contributed by atoms with Crippen LogP contribution in [0.5, 0.6) is 0 Å². The molecule has 1 aliphatic heterocycles. The van der Waals surface area contributed by atoms with Crippen LogP contribution in [0.25, 0.3) is 0 Å². The molecule has 136 valence electrons. The number of alkyl halides is 3. The first-order valence-electron chi connectivity index (χ1n) is 7.91. The molecule has 0 spiro atoms. The van der Waals surface area contributed by atoms with Crippen molar-refractivity contribution in [3.8, 4) is 0 Å². The minimum Gasteiger partial charge on any atom is -0.453 e. The summed E-state index contributed by atoms with van der Waals surface area (Å²) in [6, 6.07) is 1.59. The number of nitrogens with zero attached hydrogens (tertiary/aromatic N) is 2. The van der Waals surface area contributed by atoms with Gasteiger partial charge in [0.05, 0.1) is 6.20 Å². The summed E-state index contributed by atoms with van der Waals surface area (Å²) in [6.45, 7) is 2.16. The Balaban J connectivity index is 1.75. The minimum atomic E-state index is -4.47. The molecule has 1 fully saturated rings. The average molecular weight is 357 g/mol. The second-order valence-electron chi connectivity index (χ2n) is 6.15. The van der Waals surface area contributed by atoms with Crippen LogP contribution in [0.4, 0.5) is 13.2 Å². The number of H-pyrrole nitrogens is 1. The van der Waals surface area contributed by atoms with Crippen molar-refractivity contribution in [2.24, 2.45) is 0 Å². The van der Waals surface area contributed by atoms with Gasteiger partial charge in [-0.3, -0.25) is 4.79 Å². The Labute approximate surface area is 141 Å². The fourth-order valence-corrected chi connectivity index (χ4v) is 3.05. The molecule has 0 bridgehead atoms. The molecule has 2 N–H and O–H groups in total. The van der Waals surface area contributed by atoms with Gasteiger partial charge in [-0.25, -0.2) is 4.98 Å². The Morgan fingerprint density at radius 1 is 1.52 bits per heavy atom. The number of carbonyl (C=O) groups excluding carboxylic acids is 1. The smallest absolute Gasteiger partial charge is 0.432 e. The number of aryl methyl sites for hydroxylation is 1. The predicted molar refractivity (Wildman–Crippen MR) is 80.8 cm³/mol. The van der Waals surface area contributed by atoms with Gasteiger partial charge >= 0.3 is 6.18 Å². The molecule has 1 atom stereocenters. The first kappa shape index (κ1) is 17.5.